The number of nitrogens with one attached hydrogen (secondary N) is 1. The number of amides is 1. The number of ether oxygens (including phenoxy) is 1. The second kappa shape index (κ2) is 12.1. The van der Waals surface area contributed by atoms with Crippen LogP contribution in [0, 0.1) is 0 Å². The summed E-state index contributed by atoms with van der Waals surface area (Å²) in [5, 5.41) is 13.8. The van der Waals surface area contributed by atoms with Gasteiger partial charge in [0.05, 0.1) is 15.8 Å². The number of benzene rings is 2. The van der Waals surface area contributed by atoms with E-state index in [-0.39, 0.29) is 48.4 Å². The van der Waals surface area contributed by atoms with E-state index < -0.39 is 21.9 Å². The van der Waals surface area contributed by atoms with Crippen LogP contribution >= 0.6 is 23.2 Å². The summed E-state index contributed by atoms with van der Waals surface area (Å²) in [5.74, 6) is -0.897. The van der Waals surface area contributed by atoms with Crippen LogP contribution in [0.5, 0.6) is 0 Å². The highest BCUT2D eigenvalue weighted by Gasteiger charge is 2.44. The van der Waals surface area contributed by atoms with Gasteiger partial charge in [0.15, 0.2) is 5.76 Å². The number of aromatic nitrogens is 1. The number of carbonyl (C=O) groups is 2. The van der Waals surface area contributed by atoms with Crippen LogP contribution in [0.4, 0.5) is 5.69 Å². The molecule has 2 unspecified atom stereocenters. The lowest BCUT2D eigenvalue weighted by atomic mass is 9.98. The monoisotopic (exact) mass is 647 g/mol. The second-order valence-electron chi connectivity index (χ2n) is 11.3. The van der Waals surface area contributed by atoms with E-state index in [9.17, 15) is 18.0 Å². The summed E-state index contributed by atoms with van der Waals surface area (Å²) in [6.07, 6.45) is 4.72. The Balaban J connectivity index is 1.15. The summed E-state index contributed by atoms with van der Waals surface area (Å²) in [7, 11) is -3.82. The van der Waals surface area contributed by atoms with Gasteiger partial charge < -0.3 is 19.3 Å². The number of rotatable bonds is 10. The van der Waals surface area contributed by atoms with E-state index in [1.165, 1.54) is 0 Å². The van der Waals surface area contributed by atoms with E-state index in [1.54, 1.807) is 30.3 Å². The molecule has 6 rings (SSSR count). The third kappa shape index (κ3) is 6.26. The Morgan fingerprint density at radius 1 is 1.02 bits per heavy atom. The zero-order valence-electron chi connectivity index (χ0n) is 23.2. The zero-order chi connectivity index (χ0) is 30.3. The van der Waals surface area contributed by atoms with Crippen molar-refractivity contribution >= 4 is 50.8 Å². The minimum absolute atomic E-state index is 0.0487. The first kappa shape index (κ1) is 29.9. The first-order valence-electron chi connectivity index (χ1n) is 14.3. The molecule has 2 atom stereocenters. The lowest BCUT2D eigenvalue weighted by Gasteiger charge is -2.40. The van der Waals surface area contributed by atoms with Crippen molar-refractivity contribution in [3.63, 3.8) is 0 Å². The van der Waals surface area contributed by atoms with Crippen molar-refractivity contribution in [3.05, 3.63) is 69.4 Å². The summed E-state index contributed by atoms with van der Waals surface area (Å²) in [6.45, 7) is -0.275. The van der Waals surface area contributed by atoms with E-state index in [1.807, 2.05) is 16.9 Å². The van der Waals surface area contributed by atoms with Crippen molar-refractivity contribution in [2.45, 2.75) is 69.1 Å². The summed E-state index contributed by atoms with van der Waals surface area (Å²) >= 11 is 12.9. The Hall–Kier alpha value is -3.12. The lowest BCUT2D eigenvalue weighted by molar-refractivity contribution is 0.0202. The molecule has 2 aromatic carbocycles. The Bertz CT molecular complexity index is 1610. The van der Waals surface area contributed by atoms with E-state index in [0.29, 0.717) is 45.5 Å². The quantitative estimate of drug-likeness (QED) is 0.280. The van der Waals surface area contributed by atoms with Crippen molar-refractivity contribution in [3.8, 4) is 11.3 Å². The van der Waals surface area contributed by atoms with Crippen LogP contribution in [0.1, 0.15) is 77.3 Å². The number of fused-ring (bicyclic) bond motifs is 2. The average Bonchev–Trinajstić information content (AvgIpc) is 3.67. The highest BCUT2D eigenvalue weighted by atomic mass is 35.5. The zero-order valence-corrected chi connectivity index (χ0v) is 25.5. The summed E-state index contributed by atoms with van der Waals surface area (Å²) < 4.78 is 37.9. The average molecular weight is 649 g/mol. The molecule has 3 aliphatic rings. The topological polar surface area (TPSA) is 139 Å². The fourth-order valence-electron chi connectivity index (χ4n) is 6.16. The van der Waals surface area contributed by atoms with Gasteiger partial charge in [0.2, 0.25) is 10.0 Å². The molecule has 1 amide bonds. The second-order valence-corrected chi connectivity index (χ2v) is 14.0. The predicted octanol–water partition coefficient (Wildman–Crippen LogP) is 5.32. The molecule has 1 saturated carbocycles. The summed E-state index contributed by atoms with van der Waals surface area (Å²) in [4.78, 5) is 28.4. The van der Waals surface area contributed by atoms with Gasteiger partial charge in [-0.25, -0.2) is 17.9 Å². The van der Waals surface area contributed by atoms with Crippen LogP contribution in [0.3, 0.4) is 0 Å². The van der Waals surface area contributed by atoms with Gasteiger partial charge in [0, 0.05) is 54.3 Å². The number of aliphatic hydroxyl groups is 1. The summed E-state index contributed by atoms with van der Waals surface area (Å²) in [5.41, 5.74) is 2.18. The molecular formula is C30H31Cl2N3O7S. The molecule has 0 radical (unpaired) electrons. The van der Waals surface area contributed by atoms with E-state index in [2.05, 4.69) is 10.1 Å². The maximum atomic E-state index is 13.7. The van der Waals surface area contributed by atoms with Crippen LogP contribution < -0.4 is 9.62 Å². The van der Waals surface area contributed by atoms with Crippen molar-refractivity contribution in [2.24, 2.45) is 0 Å². The fourth-order valence-corrected chi connectivity index (χ4v) is 7.75. The molecular weight excluding hydrogens is 617 g/mol. The summed E-state index contributed by atoms with van der Waals surface area (Å²) in [6, 6.07) is 12.2. The Morgan fingerprint density at radius 2 is 1.67 bits per heavy atom. The molecule has 43 heavy (non-hydrogen) atoms. The molecule has 13 heteroatoms. The molecule has 2 aliphatic heterocycles. The minimum atomic E-state index is -3.82. The van der Waals surface area contributed by atoms with E-state index >= 15 is 0 Å². The third-order valence-electron chi connectivity index (χ3n) is 8.28. The van der Waals surface area contributed by atoms with Crippen molar-refractivity contribution in [1.29, 1.82) is 0 Å². The number of hydrogen-bond donors (Lipinski definition) is 2. The lowest BCUT2D eigenvalue weighted by Crippen LogP contribution is -2.46. The largest absolute Gasteiger partial charge is 0.458 e. The Labute approximate surface area is 259 Å². The van der Waals surface area contributed by atoms with Crippen LogP contribution in [0.2, 0.25) is 10.0 Å². The van der Waals surface area contributed by atoms with Gasteiger partial charge >= 0.3 is 5.97 Å². The van der Waals surface area contributed by atoms with Crippen LogP contribution in [0.15, 0.2) is 47.0 Å². The van der Waals surface area contributed by atoms with Gasteiger partial charge in [-0.2, -0.15) is 0 Å². The molecule has 2 bridgehead atoms. The molecule has 1 aromatic heterocycles. The van der Waals surface area contributed by atoms with Gasteiger partial charge in [-0.05, 0) is 68.5 Å². The molecule has 3 aromatic rings. The number of sulfonamides is 1. The molecule has 10 nitrogen and oxygen atoms in total. The highest BCUT2D eigenvalue weighted by molar-refractivity contribution is 7.90. The molecule has 228 valence electrons. The normalized spacial score (nSPS) is 21.6. The predicted molar refractivity (Wildman–Crippen MR) is 161 cm³/mol. The number of esters is 1. The maximum absolute atomic E-state index is 13.7. The Morgan fingerprint density at radius 3 is 2.28 bits per heavy atom. The maximum Gasteiger partial charge on any atom is 0.344 e. The van der Waals surface area contributed by atoms with Crippen LogP contribution in [-0.4, -0.2) is 61.1 Å². The molecule has 2 saturated heterocycles. The minimum Gasteiger partial charge on any atom is -0.458 e. The SMILES string of the molecule is O=C(NS(=O)(=O)CCCO)c1ccc(N2C3CCC2CC(OC(=O)c2c(-c4c(Cl)cccc4Cl)noc2C2CC2)C3)cc1. The third-order valence-corrected chi connectivity index (χ3v) is 10.2. The molecule has 3 fully saturated rings. The van der Waals surface area contributed by atoms with E-state index in [4.69, 9.17) is 37.6 Å². The van der Waals surface area contributed by atoms with Gasteiger partial charge in [0.25, 0.3) is 5.91 Å². The first-order chi connectivity index (χ1) is 20.6. The molecule has 2 N–H and O–H groups in total. The van der Waals surface area contributed by atoms with Gasteiger partial charge in [-0.15, -0.1) is 0 Å². The van der Waals surface area contributed by atoms with E-state index in [0.717, 1.165) is 31.4 Å². The van der Waals surface area contributed by atoms with Crippen LogP contribution in [0.25, 0.3) is 11.3 Å². The Kier molecular flexibility index (Phi) is 8.43. The number of aliphatic hydroxyl groups excluding tert-OH is 1. The van der Waals surface area contributed by atoms with Crippen molar-refractivity contribution in [2.75, 3.05) is 17.3 Å². The fraction of sp³-hybridized carbons (Fsp3) is 0.433. The number of piperidine rings is 1. The van der Waals surface area contributed by atoms with Crippen molar-refractivity contribution in [1.82, 2.24) is 9.88 Å². The number of hydrogen-bond acceptors (Lipinski definition) is 9. The first-order valence-corrected chi connectivity index (χ1v) is 16.7. The number of carbonyl (C=O) groups excluding carboxylic acids is 2. The standard InChI is InChI=1S/C30H31Cl2N3O7S/c31-23-3-1-4-24(32)25(23)27-26(28(42-33-27)17-5-6-17)30(38)41-22-15-20-11-12-21(16-22)35(20)19-9-7-18(8-10-19)29(37)34-43(39,40)14-2-13-36/h1,3-4,7-10,17,20-22,36H,2,5-6,11-16H2,(H,34,37). The molecule has 1 aliphatic carbocycles. The van der Waals surface area contributed by atoms with Gasteiger partial charge in [0.1, 0.15) is 17.4 Å². The number of halogens is 2. The molecule has 0 spiro atoms. The highest BCUT2D eigenvalue weighted by Crippen LogP contribution is 2.47. The van der Waals surface area contributed by atoms with Gasteiger partial charge in [-0.3, -0.25) is 4.79 Å². The molecule has 3 heterocycles. The van der Waals surface area contributed by atoms with Crippen LogP contribution in [-0.2, 0) is 14.8 Å². The van der Waals surface area contributed by atoms with Crippen molar-refractivity contribution < 1.29 is 32.4 Å². The smallest absolute Gasteiger partial charge is 0.344 e. The number of anilines is 1. The number of nitrogens with zero attached hydrogens (tertiary/aromatic N) is 2. The van der Waals surface area contributed by atoms with Gasteiger partial charge in [-0.1, -0.05) is 34.4 Å².